The maximum atomic E-state index is 12.1. The lowest BCUT2D eigenvalue weighted by Crippen LogP contribution is -2.42. The van der Waals surface area contributed by atoms with E-state index in [1.807, 2.05) is 48.5 Å². The van der Waals surface area contributed by atoms with Crippen LogP contribution in [0.1, 0.15) is 17.9 Å². The van der Waals surface area contributed by atoms with E-state index in [0.717, 1.165) is 18.7 Å². The second-order valence-corrected chi connectivity index (χ2v) is 5.76. The molecule has 2 N–H and O–H groups in total. The van der Waals surface area contributed by atoms with E-state index in [4.69, 9.17) is 4.74 Å². The predicted octanol–water partition coefficient (Wildman–Crippen LogP) is 2.79. The highest BCUT2D eigenvalue weighted by Crippen LogP contribution is 2.27. The molecule has 120 valence electrons. The van der Waals surface area contributed by atoms with E-state index in [9.17, 15) is 4.79 Å². The van der Waals surface area contributed by atoms with Crippen LogP contribution in [0, 0.1) is 0 Å². The number of para-hydroxylation sites is 1. The normalized spacial score (nSPS) is 20.7. The number of carbonyl (C=O) groups excluding carboxylic acids is 1. The highest BCUT2D eigenvalue weighted by atomic mass is 16.5. The number of ether oxygens (including phenoxy) is 1. The number of hydrogen-bond donors (Lipinski definition) is 2. The molecule has 1 fully saturated rings. The van der Waals surface area contributed by atoms with Crippen LogP contribution < -0.4 is 10.6 Å². The summed E-state index contributed by atoms with van der Waals surface area (Å²) in [6, 6.07) is 20.0. The van der Waals surface area contributed by atoms with Crippen LogP contribution in [-0.2, 0) is 9.53 Å². The first-order chi connectivity index (χ1) is 11.3. The topological polar surface area (TPSA) is 50.4 Å². The van der Waals surface area contributed by atoms with Crippen molar-refractivity contribution in [2.75, 3.05) is 25.0 Å². The summed E-state index contributed by atoms with van der Waals surface area (Å²) in [5, 5.41) is 6.41. The molecule has 2 aromatic rings. The molecule has 0 aromatic heterocycles. The highest BCUT2D eigenvalue weighted by molar-refractivity contribution is 5.75. The van der Waals surface area contributed by atoms with Gasteiger partial charge in [0, 0.05) is 18.2 Å². The molecular weight excluding hydrogens is 288 g/mol. The third-order valence-electron chi connectivity index (χ3n) is 4.15. The fourth-order valence-electron chi connectivity index (χ4n) is 2.98. The molecule has 1 aliphatic heterocycles. The van der Waals surface area contributed by atoms with Crippen molar-refractivity contribution >= 4 is 11.7 Å². The zero-order valence-corrected chi connectivity index (χ0v) is 13.1. The van der Waals surface area contributed by atoms with Crippen LogP contribution in [0.25, 0.3) is 0 Å². The second kappa shape index (κ2) is 7.79. The quantitative estimate of drug-likeness (QED) is 0.834. The summed E-state index contributed by atoms with van der Waals surface area (Å²) < 4.78 is 5.72. The Morgan fingerprint density at radius 3 is 2.52 bits per heavy atom. The molecular formula is C19H22N2O2. The number of nitrogens with one attached hydrogen (secondary N) is 2. The van der Waals surface area contributed by atoms with Crippen molar-refractivity contribution in [1.29, 1.82) is 0 Å². The largest absolute Gasteiger partial charge is 0.459 e. The van der Waals surface area contributed by atoms with Gasteiger partial charge in [-0.25, -0.2) is 0 Å². The molecule has 1 aliphatic rings. The number of carbonyl (C=O) groups is 1. The van der Waals surface area contributed by atoms with E-state index in [-0.39, 0.29) is 24.5 Å². The minimum absolute atomic E-state index is 0.115. The van der Waals surface area contributed by atoms with Crippen molar-refractivity contribution in [1.82, 2.24) is 5.32 Å². The molecule has 1 heterocycles. The number of esters is 1. The Balaban J connectivity index is 1.57. The van der Waals surface area contributed by atoms with Gasteiger partial charge in [-0.3, -0.25) is 4.79 Å². The van der Waals surface area contributed by atoms with Gasteiger partial charge in [-0.2, -0.15) is 0 Å². The SMILES string of the molecule is O=C(CNc1ccccc1)O[C@H]1CNCC[C@@H]1c1ccccc1. The Morgan fingerprint density at radius 1 is 1.09 bits per heavy atom. The standard InChI is InChI=1S/C19H22N2O2/c22-19(14-21-16-9-5-2-6-10-16)23-18-13-20-12-11-17(18)15-7-3-1-4-8-15/h1-10,17-18,20-21H,11-14H2/t17-,18+/m1/s1. The van der Waals surface area contributed by atoms with Crippen LogP contribution in [0.5, 0.6) is 0 Å². The summed E-state index contributed by atoms with van der Waals surface area (Å²) in [5.41, 5.74) is 2.16. The van der Waals surface area contributed by atoms with Crippen molar-refractivity contribution < 1.29 is 9.53 Å². The van der Waals surface area contributed by atoms with Gasteiger partial charge >= 0.3 is 5.97 Å². The Hall–Kier alpha value is -2.33. The van der Waals surface area contributed by atoms with Gasteiger partial charge in [-0.1, -0.05) is 48.5 Å². The van der Waals surface area contributed by atoms with E-state index >= 15 is 0 Å². The van der Waals surface area contributed by atoms with Gasteiger partial charge in [0.2, 0.25) is 0 Å². The molecule has 0 spiro atoms. The Bertz CT molecular complexity index is 616. The van der Waals surface area contributed by atoms with Gasteiger partial charge in [-0.15, -0.1) is 0 Å². The molecule has 0 radical (unpaired) electrons. The monoisotopic (exact) mass is 310 g/mol. The number of piperidine rings is 1. The van der Waals surface area contributed by atoms with Crippen LogP contribution in [0.2, 0.25) is 0 Å². The molecule has 0 bridgehead atoms. The number of benzene rings is 2. The van der Waals surface area contributed by atoms with E-state index in [0.29, 0.717) is 6.54 Å². The molecule has 3 rings (SSSR count). The van der Waals surface area contributed by atoms with Crippen molar-refractivity contribution in [3.63, 3.8) is 0 Å². The fourth-order valence-corrected chi connectivity index (χ4v) is 2.98. The van der Waals surface area contributed by atoms with Gasteiger partial charge in [0.1, 0.15) is 12.6 Å². The van der Waals surface area contributed by atoms with Crippen molar-refractivity contribution in [3.05, 3.63) is 66.2 Å². The molecule has 23 heavy (non-hydrogen) atoms. The van der Waals surface area contributed by atoms with Gasteiger partial charge in [0.25, 0.3) is 0 Å². The Labute approximate surface area is 136 Å². The number of hydrogen-bond acceptors (Lipinski definition) is 4. The van der Waals surface area contributed by atoms with E-state index in [1.54, 1.807) is 0 Å². The van der Waals surface area contributed by atoms with Crippen LogP contribution in [0.3, 0.4) is 0 Å². The third kappa shape index (κ3) is 4.33. The van der Waals surface area contributed by atoms with Crippen molar-refractivity contribution in [2.45, 2.75) is 18.4 Å². The summed E-state index contributed by atoms with van der Waals surface area (Å²) in [4.78, 5) is 12.1. The lowest BCUT2D eigenvalue weighted by Gasteiger charge is -2.32. The number of rotatable bonds is 5. The van der Waals surface area contributed by atoms with Gasteiger partial charge < -0.3 is 15.4 Å². The van der Waals surface area contributed by atoms with Crippen LogP contribution in [0.4, 0.5) is 5.69 Å². The molecule has 0 amide bonds. The maximum absolute atomic E-state index is 12.1. The Kier molecular flexibility index (Phi) is 5.27. The van der Waals surface area contributed by atoms with Gasteiger partial charge in [-0.05, 0) is 30.7 Å². The second-order valence-electron chi connectivity index (χ2n) is 5.76. The summed E-state index contributed by atoms with van der Waals surface area (Å²) >= 11 is 0. The number of anilines is 1. The molecule has 2 atom stereocenters. The first-order valence-electron chi connectivity index (χ1n) is 8.07. The van der Waals surface area contributed by atoms with Gasteiger partial charge in [0.15, 0.2) is 0 Å². The van der Waals surface area contributed by atoms with E-state index in [1.165, 1.54) is 5.56 Å². The smallest absolute Gasteiger partial charge is 0.325 e. The Morgan fingerprint density at radius 2 is 1.78 bits per heavy atom. The third-order valence-corrected chi connectivity index (χ3v) is 4.15. The molecule has 0 aliphatic carbocycles. The average molecular weight is 310 g/mol. The average Bonchev–Trinajstić information content (AvgIpc) is 2.62. The molecule has 1 saturated heterocycles. The van der Waals surface area contributed by atoms with Crippen LogP contribution >= 0.6 is 0 Å². The maximum Gasteiger partial charge on any atom is 0.325 e. The summed E-state index contributed by atoms with van der Waals surface area (Å²) in [6.07, 6.45) is 0.866. The minimum Gasteiger partial charge on any atom is -0.459 e. The molecule has 0 saturated carbocycles. The fraction of sp³-hybridized carbons (Fsp3) is 0.316. The minimum atomic E-state index is -0.219. The molecule has 2 aromatic carbocycles. The molecule has 0 unspecified atom stereocenters. The van der Waals surface area contributed by atoms with E-state index < -0.39 is 0 Å². The van der Waals surface area contributed by atoms with Crippen LogP contribution in [-0.4, -0.2) is 31.7 Å². The predicted molar refractivity (Wildman–Crippen MR) is 91.5 cm³/mol. The van der Waals surface area contributed by atoms with E-state index in [2.05, 4.69) is 22.8 Å². The lowest BCUT2D eigenvalue weighted by molar-refractivity contribution is -0.148. The van der Waals surface area contributed by atoms with Gasteiger partial charge in [0.05, 0.1) is 0 Å². The lowest BCUT2D eigenvalue weighted by atomic mass is 9.88. The zero-order valence-electron chi connectivity index (χ0n) is 13.1. The molecule has 4 nitrogen and oxygen atoms in total. The first kappa shape index (κ1) is 15.6. The molecule has 4 heteroatoms. The van der Waals surface area contributed by atoms with Crippen molar-refractivity contribution in [3.8, 4) is 0 Å². The van der Waals surface area contributed by atoms with Crippen LogP contribution in [0.15, 0.2) is 60.7 Å². The highest BCUT2D eigenvalue weighted by Gasteiger charge is 2.29. The zero-order chi connectivity index (χ0) is 15.9. The summed E-state index contributed by atoms with van der Waals surface area (Å²) in [5.74, 6) is 0.0432. The summed E-state index contributed by atoms with van der Waals surface area (Å²) in [6.45, 7) is 1.84. The first-order valence-corrected chi connectivity index (χ1v) is 8.07. The van der Waals surface area contributed by atoms with Crippen molar-refractivity contribution in [2.24, 2.45) is 0 Å². The summed E-state index contributed by atoms with van der Waals surface area (Å²) in [7, 11) is 0.